The standard InChI is InChI=1S/C24H25FN4O4/c25-21-16(11-28-8-6-14(10-28)13-30)5-7-26-22(21)15-1-2-18-17(9-15)12-29(24(18)33)19-3-4-20(31)27-23(19)32/h1-2,5,7,9,14,19,30H,3-4,6,8,10-13H2,(H,27,31,32). The first-order valence-electron chi connectivity index (χ1n) is 11.2. The summed E-state index contributed by atoms with van der Waals surface area (Å²) >= 11 is 0. The van der Waals surface area contributed by atoms with E-state index in [1.807, 2.05) is 0 Å². The second-order valence-electron chi connectivity index (χ2n) is 8.98. The Bertz CT molecular complexity index is 1140. The number of fused-ring (bicyclic) bond motifs is 1. The zero-order valence-electron chi connectivity index (χ0n) is 18.1. The van der Waals surface area contributed by atoms with Crippen LogP contribution in [0.15, 0.2) is 30.5 Å². The van der Waals surface area contributed by atoms with Gasteiger partial charge in [0.15, 0.2) is 5.82 Å². The Morgan fingerprint density at radius 1 is 1.18 bits per heavy atom. The number of pyridine rings is 1. The average molecular weight is 452 g/mol. The molecule has 0 bridgehead atoms. The first kappa shape index (κ1) is 21.7. The highest BCUT2D eigenvalue weighted by Gasteiger charge is 2.39. The predicted molar refractivity (Wildman–Crippen MR) is 116 cm³/mol. The Labute approximate surface area is 190 Å². The fourth-order valence-electron chi connectivity index (χ4n) is 4.98. The molecular weight excluding hydrogens is 427 g/mol. The van der Waals surface area contributed by atoms with Crippen molar-refractivity contribution in [1.82, 2.24) is 20.1 Å². The van der Waals surface area contributed by atoms with E-state index >= 15 is 4.39 Å². The molecule has 33 heavy (non-hydrogen) atoms. The average Bonchev–Trinajstić information content (AvgIpc) is 3.39. The number of carbonyl (C=O) groups is 3. The number of piperidine rings is 1. The molecule has 0 aliphatic carbocycles. The SMILES string of the molecule is O=C1CCC(N2Cc3cc(-c4nccc(CN5CCC(CO)C5)c4F)ccc3C2=O)C(=O)N1. The molecule has 2 aromatic rings. The minimum atomic E-state index is -0.688. The maximum atomic E-state index is 15.4. The summed E-state index contributed by atoms with van der Waals surface area (Å²) in [6, 6.07) is 6.07. The van der Waals surface area contributed by atoms with Crippen LogP contribution in [0.5, 0.6) is 0 Å². The molecule has 3 amide bonds. The highest BCUT2D eigenvalue weighted by molar-refractivity contribution is 6.05. The number of hydrogen-bond donors (Lipinski definition) is 2. The number of aliphatic hydroxyl groups is 1. The van der Waals surface area contributed by atoms with Crippen molar-refractivity contribution in [2.24, 2.45) is 5.92 Å². The number of halogens is 1. The molecule has 2 fully saturated rings. The summed E-state index contributed by atoms with van der Waals surface area (Å²) in [5.41, 5.74) is 2.52. The van der Waals surface area contributed by atoms with E-state index in [0.717, 1.165) is 19.5 Å². The number of imide groups is 1. The number of rotatable bonds is 5. The highest BCUT2D eigenvalue weighted by Crippen LogP contribution is 2.32. The van der Waals surface area contributed by atoms with Gasteiger partial charge in [-0.1, -0.05) is 6.07 Å². The Morgan fingerprint density at radius 3 is 2.79 bits per heavy atom. The molecular formula is C24H25FN4O4. The third kappa shape index (κ3) is 4.02. The lowest BCUT2D eigenvalue weighted by atomic mass is 10.0. The van der Waals surface area contributed by atoms with Gasteiger partial charge in [-0.25, -0.2) is 4.39 Å². The molecule has 3 aliphatic heterocycles. The van der Waals surface area contributed by atoms with Crippen molar-refractivity contribution in [2.75, 3.05) is 19.7 Å². The number of benzene rings is 1. The first-order valence-corrected chi connectivity index (χ1v) is 11.2. The summed E-state index contributed by atoms with van der Waals surface area (Å²) in [5, 5.41) is 11.6. The number of nitrogens with one attached hydrogen (secondary N) is 1. The molecule has 3 aliphatic rings. The summed E-state index contributed by atoms with van der Waals surface area (Å²) < 4.78 is 15.4. The monoisotopic (exact) mass is 452 g/mol. The number of likely N-dealkylation sites (tertiary alicyclic amines) is 1. The number of carbonyl (C=O) groups excluding carboxylic acids is 3. The van der Waals surface area contributed by atoms with E-state index in [1.165, 1.54) is 4.90 Å². The minimum Gasteiger partial charge on any atom is -0.396 e. The van der Waals surface area contributed by atoms with Crippen LogP contribution < -0.4 is 5.32 Å². The van der Waals surface area contributed by atoms with Gasteiger partial charge in [0, 0.05) is 55.5 Å². The van der Waals surface area contributed by atoms with Crippen LogP contribution in [-0.4, -0.2) is 63.4 Å². The normalized spacial score (nSPS) is 23.2. The lowest BCUT2D eigenvalue weighted by molar-refractivity contribution is -0.136. The smallest absolute Gasteiger partial charge is 0.255 e. The van der Waals surface area contributed by atoms with Crippen LogP contribution in [0.2, 0.25) is 0 Å². The van der Waals surface area contributed by atoms with Crippen LogP contribution in [-0.2, 0) is 22.7 Å². The van der Waals surface area contributed by atoms with Crippen LogP contribution in [0.25, 0.3) is 11.3 Å². The van der Waals surface area contributed by atoms with Gasteiger partial charge >= 0.3 is 0 Å². The van der Waals surface area contributed by atoms with E-state index in [-0.39, 0.29) is 43.0 Å². The summed E-state index contributed by atoms with van der Waals surface area (Å²) in [6.45, 7) is 2.38. The Balaban J connectivity index is 1.37. The van der Waals surface area contributed by atoms with E-state index in [2.05, 4.69) is 15.2 Å². The molecule has 2 N–H and O–H groups in total. The van der Waals surface area contributed by atoms with Gasteiger partial charge in [0.25, 0.3) is 5.91 Å². The molecule has 2 atom stereocenters. The Hall–Kier alpha value is -3.17. The zero-order valence-corrected chi connectivity index (χ0v) is 18.1. The van der Waals surface area contributed by atoms with Gasteiger partial charge in [-0.3, -0.25) is 29.6 Å². The van der Waals surface area contributed by atoms with Crippen LogP contribution in [0.1, 0.15) is 40.7 Å². The lowest BCUT2D eigenvalue weighted by Crippen LogP contribution is -2.52. The number of hydrogen-bond acceptors (Lipinski definition) is 6. The maximum absolute atomic E-state index is 15.4. The van der Waals surface area contributed by atoms with Crippen molar-refractivity contribution in [3.8, 4) is 11.3 Å². The van der Waals surface area contributed by atoms with Crippen molar-refractivity contribution in [3.05, 3.63) is 53.0 Å². The number of nitrogens with zero attached hydrogens (tertiary/aromatic N) is 3. The summed E-state index contributed by atoms with van der Waals surface area (Å²) in [7, 11) is 0. The van der Waals surface area contributed by atoms with Crippen molar-refractivity contribution in [1.29, 1.82) is 0 Å². The van der Waals surface area contributed by atoms with Gasteiger partial charge in [-0.15, -0.1) is 0 Å². The van der Waals surface area contributed by atoms with Gasteiger partial charge in [0.05, 0.1) is 0 Å². The van der Waals surface area contributed by atoms with Gasteiger partial charge in [0.2, 0.25) is 11.8 Å². The van der Waals surface area contributed by atoms with Crippen molar-refractivity contribution < 1.29 is 23.9 Å². The second kappa shape index (κ2) is 8.64. The van der Waals surface area contributed by atoms with Crippen molar-refractivity contribution >= 4 is 17.7 Å². The topological polar surface area (TPSA) is 103 Å². The molecule has 4 heterocycles. The predicted octanol–water partition coefficient (Wildman–Crippen LogP) is 1.46. The van der Waals surface area contributed by atoms with Crippen molar-refractivity contribution in [3.63, 3.8) is 0 Å². The fraction of sp³-hybridized carbons (Fsp3) is 0.417. The summed E-state index contributed by atoms with van der Waals surface area (Å²) in [4.78, 5) is 44.4. The van der Waals surface area contributed by atoms with Gasteiger partial charge in [-0.2, -0.15) is 0 Å². The molecule has 0 radical (unpaired) electrons. The molecule has 5 rings (SSSR count). The number of aliphatic hydroxyl groups excluding tert-OH is 1. The van der Waals surface area contributed by atoms with Gasteiger partial charge < -0.3 is 10.0 Å². The molecule has 2 unspecified atom stereocenters. The molecule has 1 aromatic heterocycles. The number of amides is 3. The molecule has 1 aromatic carbocycles. The zero-order chi connectivity index (χ0) is 23.1. The first-order chi connectivity index (χ1) is 15.9. The van der Waals surface area contributed by atoms with Gasteiger partial charge in [0.1, 0.15) is 11.7 Å². The molecule has 2 saturated heterocycles. The quantitative estimate of drug-likeness (QED) is 0.666. The molecule has 172 valence electrons. The molecule has 8 nitrogen and oxygen atoms in total. The fourth-order valence-corrected chi connectivity index (χ4v) is 4.98. The lowest BCUT2D eigenvalue weighted by Gasteiger charge is -2.29. The van der Waals surface area contributed by atoms with Crippen LogP contribution >= 0.6 is 0 Å². The van der Waals surface area contributed by atoms with E-state index in [9.17, 15) is 19.5 Å². The summed E-state index contributed by atoms with van der Waals surface area (Å²) in [5.74, 6) is -1.21. The largest absolute Gasteiger partial charge is 0.396 e. The maximum Gasteiger partial charge on any atom is 0.255 e. The van der Waals surface area contributed by atoms with Crippen LogP contribution in [0.3, 0.4) is 0 Å². The van der Waals surface area contributed by atoms with E-state index in [4.69, 9.17) is 0 Å². The van der Waals surface area contributed by atoms with E-state index < -0.39 is 17.8 Å². The Morgan fingerprint density at radius 2 is 2.03 bits per heavy atom. The highest BCUT2D eigenvalue weighted by atomic mass is 19.1. The third-order valence-electron chi connectivity index (χ3n) is 6.79. The molecule has 9 heteroatoms. The third-order valence-corrected chi connectivity index (χ3v) is 6.79. The summed E-state index contributed by atoms with van der Waals surface area (Å²) in [6.07, 6.45) is 2.98. The van der Waals surface area contributed by atoms with E-state index in [1.54, 1.807) is 30.5 Å². The number of aromatic nitrogens is 1. The van der Waals surface area contributed by atoms with Crippen molar-refractivity contribution in [2.45, 2.75) is 38.4 Å². The molecule has 0 saturated carbocycles. The second-order valence-corrected chi connectivity index (χ2v) is 8.98. The van der Waals surface area contributed by atoms with Gasteiger partial charge in [-0.05, 0) is 49.1 Å². The van der Waals surface area contributed by atoms with Crippen LogP contribution in [0.4, 0.5) is 4.39 Å². The van der Waals surface area contributed by atoms with Crippen LogP contribution in [0, 0.1) is 11.7 Å². The minimum absolute atomic E-state index is 0.143. The van der Waals surface area contributed by atoms with E-state index in [0.29, 0.717) is 35.2 Å². The molecule has 0 spiro atoms. The Kier molecular flexibility index (Phi) is 5.67.